The van der Waals surface area contributed by atoms with Gasteiger partial charge in [0.1, 0.15) is 5.75 Å². The Morgan fingerprint density at radius 2 is 1.48 bits per heavy atom. The maximum atomic E-state index is 12.9. The number of benzene rings is 3. The minimum absolute atomic E-state index is 0.179. The fourth-order valence-corrected chi connectivity index (χ4v) is 3.19. The average molecular weight is 365 g/mol. The molecule has 1 N–H and O–H groups in total. The summed E-state index contributed by atoms with van der Waals surface area (Å²) in [5, 5.41) is 5.31. The predicted octanol–water partition coefficient (Wildman–Crippen LogP) is 4.36. The number of ether oxygens (including phenoxy) is 3. The van der Waals surface area contributed by atoms with Gasteiger partial charge in [-0.25, -0.2) is 0 Å². The fraction of sp³-hybridized carbons (Fsp3) is 0.227. The van der Waals surface area contributed by atoms with Crippen molar-refractivity contribution in [2.75, 3.05) is 21.3 Å². The number of nitrogens with one attached hydrogen (secondary N) is 1. The second-order valence-electron chi connectivity index (χ2n) is 6.17. The van der Waals surface area contributed by atoms with E-state index in [0.717, 1.165) is 16.3 Å². The van der Waals surface area contributed by atoms with Gasteiger partial charge in [0.25, 0.3) is 5.91 Å². The summed E-state index contributed by atoms with van der Waals surface area (Å²) in [5.74, 6) is 1.16. The van der Waals surface area contributed by atoms with Gasteiger partial charge in [-0.1, -0.05) is 42.5 Å². The Morgan fingerprint density at radius 1 is 0.852 bits per heavy atom. The van der Waals surface area contributed by atoms with Gasteiger partial charge in [0.05, 0.1) is 32.9 Å². The minimum Gasteiger partial charge on any atom is -0.496 e. The third kappa shape index (κ3) is 3.67. The molecule has 0 aliphatic heterocycles. The normalized spacial score (nSPS) is 11.7. The van der Waals surface area contributed by atoms with E-state index < -0.39 is 0 Å². The van der Waals surface area contributed by atoms with Gasteiger partial charge in [0, 0.05) is 12.1 Å². The van der Waals surface area contributed by atoms with Gasteiger partial charge in [0.15, 0.2) is 11.5 Å². The van der Waals surface area contributed by atoms with Crippen LogP contribution in [0.3, 0.4) is 0 Å². The summed E-state index contributed by atoms with van der Waals surface area (Å²) < 4.78 is 16.0. The van der Waals surface area contributed by atoms with E-state index in [0.29, 0.717) is 22.8 Å². The Balaban J connectivity index is 1.92. The number of carbonyl (C=O) groups excluding carboxylic acids is 1. The zero-order valence-electron chi connectivity index (χ0n) is 15.9. The first-order chi connectivity index (χ1) is 13.1. The molecule has 1 unspecified atom stereocenters. The summed E-state index contributed by atoms with van der Waals surface area (Å²) in [6.07, 6.45) is 0. The molecule has 3 aromatic rings. The van der Waals surface area contributed by atoms with E-state index in [9.17, 15) is 4.79 Å². The first-order valence-electron chi connectivity index (χ1n) is 8.67. The van der Waals surface area contributed by atoms with Crippen LogP contribution in [0.4, 0.5) is 0 Å². The van der Waals surface area contributed by atoms with Crippen molar-refractivity contribution in [3.8, 4) is 17.2 Å². The first-order valence-corrected chi connectivity index (χ1v) is 8.67. The second kappa shape index (κ2) is 7.99. The summed E-state index contributed by atoms with van der Waals surface area (Å²) in [4.78, 5) is 12.9. The van der Waals surface area contributed by atoms with Gasteiger partial charge in [0.2, 0.25) is 0 Å². The van der Waals surface area contributed by atoms with Crippen LogP contribution in [0.1, 0.15) is 28.9 Å². The molecule has 1 amide bonds. The van der Waals surface area contributed by atoms with Crippen LogP contribution in [0.5, 0.6) is 17.2 Å². The third-order valence-electron chi connectivity index (χ3n) is 4.59. The summed E-state index contributed by atoms with van der Waals surface area (Å²) in [6.45, 7) is 1.97. The van der Waals surface area contributed by atoms with E-state index in [4.69, 9.17) is 14.2 Å². The van der Waals surface area contributed by atoms with Crippen molar-refractivity contribution in [3.63, 3.8) is 0 Å². The van der Waals surface area contributed by atoms with Crippen LogP contribution < -0.4 is 19.5 Å². The highest BCUT2D eigenvalue weighted by Gasteiger charge is 2.20. The molecule has 0 saturated carbocycles. The van der Waals surface area contributed by atoms with Crippen LogP contribution in [-0.2, 0) is 0 Å². The monoisotopic (exact) mass is 365 g/mol. The molecule has 140 valence electrons. The van der Waals surface area contributed by atoms with Gasteiger partial charge < -0.3 is 19.5 Å². The summed E-state index contributed by atoms with van der Waals surface area (Å²) in [7, 11) is 4.59. The van der Waals surface area contributed by atoms with Crippen LogP contribution in [-0.4, -0.2) is 27.2 Å². The molecule has 0 aliphatic rings. The number of amides is 1. The van der Waals surface area contributed by atoms with Crippen molar-refractivity contribution in [1.82, 2.24) is 5.32 Å². The van der Waals surface area contributed by atoms with Crippen molar-refractivity contribution in [3.05, 3.63) is 65.7 Å². The highest BCUT2D eigenvalue weighted by Crippen LogP contribution is 2.35. The molecule has 0 heterocycles. The number of hydrogen-bond donors (Lipinski definition) is 1. The molecule has 0 spiro atoms. The molecule has 5 nitrogen and oxygen atoms in total. The molecule has 3 rings (SSSR count). The molecule has 0 aromatic heterocycles. The van der Waals surface area contributed by atoms with Gasteiger partial charge in [-0.15, -0.1) is 0 Å². The second-order valence-corrected chi connectivity index (χ2v) is 6.17. The van der Waals surface area contributed by atoms with E-state index >= 15 is 0 Å². The number of fused-ring (bicyclic) bond motifs is 1. The number of hydrogen-bond acceptors (Lipinski definition) is 4. The highest BCUT2D eigenvalue weighted by atomic mass is 16.5. The molecular weight excluding hydrogens is 342 g/mol. The zero-order valence-corrected chi connectivity index (χ0v) is 15.9. The van der Waals surface area contributed by atoms with Crippen molar-refractivity contribution >= 4 is 16.7 Å². The van der Waals surface area contributed by atoms with Gasteiger partial charge in [-0.3, -0.25) is 4.79 Å². The molecule has 0 aliphatic carbocycles. The maximum Gasteiger partial charge on any atom is 0.255 e. The molecule has 3 aromatic carbocycles. The Kier molecular flexibility index (Phi) is 5.50. The van der Waals surface area contributed by atoms with Crippen LogP contribution in [0.15, 0.2) is 54.6 Å². The lowest BCUT2D eigenvalue weighted by Crippen LogP contribution is -2.27. The molecule has 5 heteroatoms. The lowest BCUT2D eigenvalue weighted by molar-refractivity contribution is 0.0936. The van der Waals surface area contributed by atoms with E-state index in [1.54, 1.807) is 19.2 Å². The van der Waals surface area contributed by atoms with Crippen molar-refractivity contribution < 1.29 is 19.0 Å². The van der Waals surface area contributed by atoms with Crippen LogP contribution >= 0.6 is 0 Å². The topological polar surface area (TPSA) is 56.8 Å². The van der Waals surface area contributed by atoms with E-state index in [-0.39, 0.29) is 11.9 Å². The average Bonchev–Trinajstić information content (AvgIpc) is 2.71. The Hall–Kier alpha value is -3.21. The summed E-state index contributed by atoms with van der Waals surface area (Å²) in [6, 6.07) is 17.3. The van der Waals surface area contributed by atoms with Gasteiger partial charge in [-0.05, 0) is 23.3 Å². The Labute approximate surface area is 158 Å². The van der Waals surface area contributed by atoms with E-state index in [1.807, 2.05) is 31.2 Å². The number of carbonyl (C=O) groups is 1. The standard InChI is InChI=1S/C22H23NO4/c1-14(16-11-7-9-15-8-5-6-10-17(15)16)23-22(24)18-12-20(26-3)21(27-4)13-19(18)25-2/h5-14H,1-4H3,(H,23,24). The van der Waals surface area contributed by atoms with E-state index in [2.05, 4.69) is 23.5 Å². The minimum atomic E-state index is -0.242. The maximum absolute atomic E-state index is 12.9. The predicted molar refractivity (Wildman–Crippen MR) is 106 cm³/mol. The van der Waals surface area contributed by atoms with Crippen LogP contribution in [0, 0.1) is 0 Å². The molecule has 0 radical (unpaired) electrons. The van der Waals surface area contributed by atoms with Crippen molar-refractivity contribution in [2.45, 2.75) is 13.0 Å². The zero-order chi connectivity index (χ0) is 19.4. The third-order valence-corrected chi connectivity index (χ3v) is 4.59. The van der Waals surface area contributed by atoms with Crippen molar-refractivity contribution in [1.29, 1.82) is 0 Å². The molecule has 1 atom stereocenters. The lowest BCUT2D eigenvalue weighted by Gasteiger charge is -2.19. The number of methoxy groups -OCH3 is 3. The molecular formula is C22H23NO4. The SMILES string of the molecule is COc1cc(OC)c(C(=O)NC(C)c2cccc3ccccc23)cc1OC. The van der Waals surface area contributed by atoms with Gasteiger partial charge >= 0.3 is 0 Å². The smallest absolute Gasteiger partial charge is 0.255 e. The van der Waals surface area contributed by atoms with Crippen LogP contribution in [0.25, 0.3) is 10.8 Å². The van der Waals surface area contributed by atoms with E-state index in [1.165, 1.54) is 14.2 Å². The fourth-order valence-electron chi connectivity index (χ4n) is 3.19. The largest absolute Gasteiger partial charge is 0.496 e. The Bertz CT molecular complexity index is 962. The summed E-state index contributed by atoms with van der Waals surface area (Å²) >= 11 is 0. The highest BCUT2D eigenvalue weighted by molar-refractivity contribution is 5.98. The Morgan fingerprint density at radius 3 is 2.19 bits per heavy atom. The van der Waals surface area contributed by atoms with Crippen molar-refractivity contribution in [2.24, 2.45) is 0 Å². The first kappa shape index (κ1) is 18.6. The molecule has 0 fully saturated rings. The molecule has 0 saturated heterocycles. The number of rotatable bonds is 6. The molecule has 27 heavy (non-hydrogen) atoms. The van der Waals surface area contributed by atoms with Gasteiger partial charge in [-0.2, -0.15) is 0 Å². The quantitative estimate of drug-likeness (QED) is 0.705. The lowest BCUT2D eigenvalue weighted by atomic mass is 9.99. The molecule has 0 bridgehead atoms. The van der Waals surface area contributed by atoms with Crippen LogP contribution in [0.2, 0.25) is 0 Å². The summed E-state index contributed by atoms with van der Waals surface area (Å²) in [5.41, 5.74) is 1.45.